The Balaban J connectivity index is 1.86. The van der Waals surface area contributed by atoms with E-state index in [1.165, 1.54) is 19.3 Å². The first-order valence-corrected chi connectivity index (χ1v) is 7.37. The first-order chi connectivity index (χ1) is 8.90. The molecule has 0 aromatic carbocycles. The van der Waals surface area contributed by atoms with Gasteiger partial charge in [-0.1, -0.05) is 19.3 Å². The van der Waals surface area contributed by atoms with Gasteiger partial charge in [-0.2, -0.15) is 13.2 Å². The van der Waals surface area contributed by atoms with Crippen molar-refractivity contribution in [3.8, 4) is 0 Å². The summed E-state index contributed by atoms with van der Waals surface area (Å²) in [5, 5.41) is 0. The lowest BCUT2D eigenvalue weighted by molar-refractivity contribution is -0.141. The molecule has 112 valence electrons. The molecule has 0 radical (unpaired) electrons. The van der Waals surface area contributed by atoms with Crippen LogP contribution in [0, 0.1) is 5.92 Å². The average molecular weight is 279 g/mol. The topological polar surface area (TPSA) is 35.2 Å². The van der Waals surface area contributed by atoms with Crippen molar-refractivity contribution in [1.82, 2.24) is 0 Å². The van der Waals surface area contributed by atoms with E-state index in [1.54, 1.807) is 0 Å². The Kier molecular flexibility index (Phi) is 4.77. The van der Waals surface area contributed by atoms with E-state index in [0.29, 0.717) is 6.61 Å². The normalized spacial score (nSPS) is 29.4. The summed E-state index contributed by atoms with van der Waals surface area (Å²) >= 11 is 0. The molecule has 0 aromatic rings. The molecule has 2 fully saturated rings. The van der Waals surface area contributed by atoms with E-state index < -0.39 is 12.6 Å². The second-order valence-electron chi connectivity index (χ2n) is 6.16. The molecule has 2 rings (SSSR count). The van der Waals surface area contributed by atoms with Gasteiger partial charge in [0, 0.05) is 19.1 Å². The van der Waals surface area contributed by atoms with Gasteiger partial charge < -0.3 is 10.5 Å². The summed E-state index contributed by atoms with van der Waals surface area (Å²) in [6.07, 6.45) is 2.54. The van der Waals surface area contributed by atoms with E-state index in [9.17, 15) is 13.2 Å². The first kappa shape index (κ1) is 15.1. The van der Waals surface area contributed by atoms with E-state index in [4.69, 9.17) is 10.5 Å². The predicted octanol–water partition coefficient (Wildman–Crippen LogP) is 3.79. The van der Waals surface area contributed by atoms with Gasteiger partial charge in [-0.15, -0.1) is 0 Å². The zero-order valence-corrected chi connectivity index (χ0v) is 11.3. The zero-order valence-electron chi connectivity index (χ0n) is 11.3. The molecule has 1 aliphatic heterocycles. The van der Waals surface area contributed by atoms with Crippen molar-refractivity contribution in [3.63, 3.8) is 0 Å². The van der Waals surface area contributed by atoms with Crippen LogP contribution in [-0.2, 0) is 4.74 Å². The van der Waals surface area contributed by atoms with Crippen molar-refractivity contribution in [1.29, 1.82) is 0 Å². The molecule has 2 N–H and O–H groups in total. The SMILES string of the molecule is NC(CCC(F)(F)F)C1CCOC2(CCCCC2)C1. The molecule has 2 unspecified atom stereocenters. The smallest absolute Gasteiger partial charge is 0.375 e. The maximum Gasteiger partial charge on any atom is 0.389 e. The van der Waals surface area contributed by atoms with Gasteiger partial charge in [-0.25, -0.2) is 0 Å². The van der Waals surface area contributed by atoms with Gasteiger partial charge in [0.2, 0.25) is 0 Å². The fourth-order valence-electron chi connectivity index (χ4n) is 3.54. The lowest BCUT2D eigenvalue weighted by Crippen LogP contribution is -2.46. The molecule has 2 nitrogen and oxygen atoms in total. The summed E-state index contributed by atoms with van der Waals surface area (Å²) in [5.41, 5.74) is 5.92. The van der Waals surface area contributed by atoms with Crippen LogP contribution in [0.5, 0.6) is 0 Å². The highest BCUT2D eigenvalue weighted by molar-refractivity contribution is 4.92. The highest BCUT2D eigenvalue weighted by Gasteiger charge is 2.40. The van der Waals surface area contributed by atoms with Crippen LogP contribution in [0.15, 0.2) is 0 Å². The Morgan fingerprint density at radius 2 is 1.89 bits per heavy atom. The van der Waals surface area contributed by atoms with E-state index in [0.717, 1.165) is 25.7 Å². The van der Waals surface area contributed by atoms with Crippen molar-refractivity contribution in [2.75, 3.05) is 6.61 Å². The molecule has 1 saturated carbocycles. The predicted molar refractivity (Wildman–Crippen MR) is 67.8 cm³/mol. The number of nitrogens with two attached hydrogens (primary N) is 1. The third-order valence-corrected chi connectivity index (χ3v) is 4.66. The zero-order chi connectivity index (χ0) is 13.9. The van der Waals surface area contributed by atoms with Gasteiger partial charge in [0.05, 0.1) is 5.60 Å². The molecular weight excluding hydrogens is 255 g/mol. The number of hydrogen-bond acceptors (Lipinski definition) is 2. The maximum atomic E-state index is 12.3. The minimum absolute atomic E-state index is 0.0459. The van der Waals surface area contributed by atoms with Crippen molar-refractivity contribution < 1.29 is 17.9 Å². The number of alkyl halides is 3. The molecule has 0 aromatic heterocycles. The van der Waals surface area contributed by atoms with Crippen molar-refractivity contribution in [2.45, 2.75) is 75.6 Å². The molecule has 1 heterocycles. The summed E-state index contributed by atoms with van der Waals surface area (Å²) in [5.74, 6) is 0.189. The van der Waals surface area contributed by atoms with Gasteiger partial charge in [0.25, 0.3) is 0 Å². The highest BCUT2D eigenvalue weighted by atomic mass is 19.4. The summed E-state index contributed by atoms with van der Waals surface area (Å²) in [6.45, 7) is 0.657. The van der Waals surface area contributed by atoms with E-state index in [-0.39, 0.29) is 24.0 Å². The third-order valence-electron chi connectivity index (χ3n) is 4.66. The Hall–Kier alpha value is -0.290. The van der Waals surface area contributed by atoms with Crippen molar-refractivity contribution in [3.05, 3.63) is 0 Å². The van der Waals surface area contributed by atoms with E-state index >= 15 is 0 Å². The highest BCUT2D eigenvalue weighted by Crippen LogP contribution is 2.42. The quantitative estimate of drug-likeness (QED) is 0.853. The molecule has 1 saturated heterocycles. The molecule has 1 aliphatic carbocycles. The minimum atomic E-state index is -4.09. The lowest BCUT2D eigenvalue weighted by atomic mass is 9.73. The van der Waals surface area contributed by atoms with Crippen LogP contribution in [0.2, 0.25) is 0 Å². The Morgan fingerprint density at radius 1 is 1.21 bits per heavy atom. The van der Waals surface area contributed by atoms with Crippen LogP contribution >= 0.6 is 0 Å². The van der Waals surface area contributed by atoms with Gasteiger partial charge in [0.1, 0.15) is 0 Å². The van der Waals surface area contributed by atoms with Crippen molar-refractivity contribution >= 4 is 0 Å². The van der Waals surface area contributed by atoms with Crippen molar-refractivity contribution in [2.24, 2.45) is 11.7 Å². The molecule has 5 heteroatoms. The monoisotopic (exact) mass is 279 g/mol. The van der Waals surface area contributed by atoms with Crippen LogP contribution in [0.25, 0.3) is 0 Å². The summed E-state index contributed by atoms with van der Waals surface area (Å²) in [4.78, 5) is 0. The summed E-state index contributed by atoms with van der Waals surface area (Å²) in [7, 11) is 0. The Morgan fingerprint density at radius 3 is 2.53 bits per heavy atom. The fourth-order valence-corrected chi connectivity index (χ4v) is 3.54. The third kappa shape index (κ3) is 4.35. The standard InChI is InChI=1S/C14H24F3NO/c15-14(16,17)8-4-12(18)11-5-9-19-13(10-11)6-2-1-3-7-13/h11-12H,1-10,18H2. The van der Waals surface area contributed by atoms with Crippen LogP contribution < -0.4 is 5.73 Å². The van der Waals surface area contributed by atoms with Crippen LogP contribution in [-0.4, -0.2) is 24.4 Å². The number of ether oxygens (including phenoxy) is 1. The van der Waals surface area contributed by atoms with E-state index in [1.807, 2.05) is 0 Å². The molecule has 0 bridgehead atoms. The largest absolute Gasteiger partial charge is 0.389 e. The van der Waals surface area contributed by atoms with Gasteiger partial charge in [0.15, 0.2) is 0 Å². The summed E-state index contributed by atoms with van der Waals surface area (Å²) in [6, 6.07) is -0.343. The van der Waals surface area contributed by atoms with Crippen LogP contribution in [0.1, 0.15) is 57.8 Å². The molecule has 1 spiro atoms. The average Bonchev–Trinajstić information content (AvgIpc) is 2.36. The lowest BCUT2D eigenvalue weighted by Gasteiger charge is -2.45. The molecular formula is C14H24F3NO. The number of rotatable bonds is 3. The minimum Gasteiger partial charge on any atom is -0.375 e. The second kappa shape index (κ2) is 6.00. The number of halogens is 3. The summed E-state index contributed by atoms with van der Waals surface area (Å²) < 4.78 is 42.7. The Bertz CT molecular complexity index is 281. The molecule has 2 aliphatic rings. The first-order valence-electron chi connectivity index (χ1n) is 7.37. The molecule has 0 amide bonds. The maximum absolute atomic E-state index is 12.3. The molecule has 2 atom stereocenters. The second-order valence-corrected chi connectivity index (χ2v) is 6.16. The molecule has 19 heavy (non-hydrogen) atoms. The van der Waals surface area contributed by atoms with Crippen LogP contribution in [0.4, 0.5) is 13.2 Å². The number of hydrogen-bond donors (Lipinski definition) is 1. The van der Waals surface area contributed by atoms with E-state index in [2.05, 4.69) is 0 Å². The van der Waals surface area contributed by atoms with Gasteiger partial charge in [-0.05, 0) is 38.0 Å². The fraction of sp³-hybridized carbons (Fsp3) is 1.00. The van der Waals surface area contributed by atoms with Gasteiger partial charge >= 0.3 is 6.18 Å². The van der Waals surface area contributed by atoms with Gasteiger partial charge in [-0.3, -0.25) is 0 Å². The van der Waals surface area contributed by atoms with Crippen LogP contribution in [0.3, 0.4) is 0 Å². The Labute approximate surface area is 112 Å².